The molecule has 2 heterocycles. The number of β-amino-alcohol motifs (C(OH)–C–C–N with tert-alkyl or cyclic N) is 1. The Hall–Kier alpha value is -1.82. The summed E-state index contributed by atoms with van der Waals surface area (Å²) in [4.78, 5) is 13.5. The minimum atomic E-state index is -0.428. The molecule has 1 aliphatic rings. The van der Waals surface area contributed by atoms with Gasteiger partial charge in [-0.2, -0.15) is 0 Å². The van der Waals surface area contributed by atoms with Crippen LogP contribution in [0.3, 0.4) is 0 Å². The van der Waals surface area contributed by atoms with Crippen molar-refractivity contribution in [2.45, 2.75) is 32.5 Å². The first kappa shape index (κ1) is 17.0. The van der Waals surface area contributed by atoms with Crippen molar-refractivity contribution in [3.63, 3.8) is 0 Å². The van der Waals surface area contributed by atoms with Crippen molar-refractivity contribution in [2.75, 3.05) is 26.2 Å². The van der Waals surface area contributed by atoms with Crippen LogP contribution in [-0.4, -0.2) is 57.1 Å². The van der Waals surface area contributed by atoms with Crippen LogP contribution in [0.1, 0.15) is 30.0 Å². The predicted molar refractivity (Wildman–Crippen MR) is 94.5 cm³/mol. The molecular weight excluding hydrogens is 300 g/mol. The lowest BCUT2D eigenvalue weighted by atomic mass is 10.1. The lowest BCUT2D eigenvalue weighted by molar-refractivity contribution is 0.0358. The molecule has 2 atom stereocenters. The first-order chi connectivity index (χ1) is 11.6. The SMILES string of the molecule is Cc1cnc(CN2CCN(C[C@H](O)c3ccccc3)[C@H](C)C2)cn1. The molecule has 24 heavy (non-hydrogen) atoms. The Labute approximate surface area is 144 Å². The quantitative estimate of drug-likeness (QED) is 0.911. The van der Waals surface area contributed by atoms with Crippen LogP contribution in [0.4, 0.5) is 0 Å². The number of aromatic nitrogens is 2. The van der Waals surface area contributed by atoms with Crippen LogP contribution in [0.5, 0.6) is 0 Å². The predicted octanol–water partition coefficient (Wildman–Crippen LogP) is 2.02. The second-order valence-corrected chi connectivity index (χ2v) is 6.65. The molecule has 1 aliphatic heterocycles. The molecule has 0 unspecified atom stereocenters. The molecule has 5 heteroatoms. The van der Waals surface area contributed by atoms with Gasteiger partial charge < -0.3 is 5.11 Å². The monoisotopic (exact) mass is 326 g/mol. The molecule has 3 rings (SSSR count). The third-order valence-corrected chi connectivity index (χ3v) is 4.66. The summed E-state index contributed by atoms with van der Waals surface area (Å²) in [6, 6.07) is 10.3. The van der Waals surface area contributed by atoms with Gasteiger partial charge in [0.25, 0.3) is 0 Å². The highest BCUT2D eigenvalue weighted by atomic mass is 16.3. The van der Waals surface area contributed by atoms with Crippen molar-refractivity contribution in [3.05, 3.63) is 59.7 Å². The van der Waals surface area contributed by atoms with Crippen molar-refractivity contribution in [1.29, 1.82) is 0 Å². The second-order valence-electron chi connectivity index (χ2n) is 6.65. The zero-order chi connectivity index (χ0) is 16.9. The van der Waals surface area contributed by atoms with E-state index < -0.39 is 6.10 Å². The molecular formula is C19H26N4O. The number of hydrogen-bond donors (Lipinski definition) is 1. The zero-order valence-electron chi connectivity index (χ0n) is 14.5. The number of aliphatic hydroxyl groups excluding tert-OH is 1. The molecule has 0 aliphatic carbocycles. The maximum atomic E-state index is 10.4. The van der Waals surface area contributed by atoms with E-state index >= 15 is 0 Å². The van der Waals surface area contributed by atoms with Gasteiger partial charge in [-0.15, -0.1) is 0 Å². The van der Waals surface area contributed by atoms with Gasteiger partial charge in [-0.05, 0) is 19.4 Å². The van der Waals surface area contributed by atoms with Crippen molar-refractivity contribution in [3.8, 4) is 0 Å². The highest BCUT2D eigenvalue weighted by Gasteiger charge is 2.25. The van der Waals surface area contributed by atoms with E-state index in [9.17, 15) is 5.11 Å². The van der Waals surface area contributed by atoms with E-state index in [4.69, 9.17) is 0 Å². The van der Waals surface area contributed by atoms with Crippen LogP contribution in [0.2, 0.25) is 0 Å². The number of hydrogen-bond acceptors (Lipinski definition) is 5. The number of nitrogens with zero attached hydrogens (tertiary/aromatic N) is 4. The molecule has 1 N–H and O–H groups in total. The standard InChI is InChI=1S/C19H26N4O/c1-15-10-21-18(11-20-15)13-22-8-9-23(16(2)12-22)14-19(24)17-6-4-3-5-7-17/h3-7,10-11,16,19,24H,8-9,12-14H2,1-2H3/t16-,19+/m1/s1. The van der Waals surface area contributed by atoms with Crippen molar-refractivity contribution in [1.82, 2.24) is 19.8 Å². The maximum absolute atomic E-state index is 10.4. The first-order valence-corrected chi connectivity index (χ1v) is 8.59. The van der Waals surface area contributed by atoms with Gasteiger partial charge in [0.05, 0.1) is 17.5 Å². The largest absolute Gasteiger partial charge is 0.387 e. The van der Waals surface area contributed by atoms with Crippen LogP contribution in [-0.2, 0) is 6.54 Å². The van der Waals surface area contributed by atoms with E-state index in [0.29, 0.717) is 12.6 Å². The summed E-state index contributed by atoms with van der Waals surface area (Å²) in [6.45, 7) is 8.64. The smallest absolute Gasteiger partial charge is 0.0917 e. The lowest BCUT2D eigenvalue weighted by Crippen LogP contribution is -2.52. The normalized spacial score (nSPS) is 20.9. The summed E-state index contributed by atoms with van der Waals surface area (Å²) in [5, 5.41) is 10.4. The van der Waals surface area contributed by atoms with Crippen LogP contribution in [0.25, 0.3) is 0 Å². The zero-order valence-corrected chi connectivity index (χ0v) is 14.5. The Kier molecular flexibility index (Phi) is 5.56. The molecule has 0 saturated carbocycles. The average molecular weight is 326 g/mol. The highest BCUT2D eigenvalue weighted by molar-refractivity contribution is 5.17. The van der Waals surface area contributed by atoms with E-state index in [1.807, 2.05) is 49.6 Å². The fraction of sp³-hybridized carbons (Fsp3) is 0.474. The van der Waals surface area contributed by atoms with E-state index in [1.54, 1.807) is 0 Å². The van der Waals surface area contributed by atoms with Crippen molar-refractivity contribution in [2.24, 2.45) is 0 Å². The molecule has 0 bridgehead atoms. The fourth-order valence-electron chi connectivity index (χ4n) is 3.22. The Morgan fingerprint density at radius 3 is 2.62 bits per heavy atom. The Bertz CT molecular complexity index is 632. The minimum absolute atomic E-state index is 0.413. The van der Waals surface area contributed by atoms with Gasteiger partial charge in [0.2, 0.25) is 0 Å². The molecule has 128 valence electrons. The Balaban J connectivity index is 1.52. The molecule has 2 aromatic rings. The van der Waals surface area contributed by atoms with Crippen molar-refractivity contribution >= 4 is 0 Å². The van der Waals surface area contributed by atoms with Crippen LogP contribution < -0.4 is 0 Å². The highest BCUT2D eigenvalue weighted by Crippen LogP contribution is 2.18. The lowest BCUT2D eigenvalue weighted by Gasteiger charge is -2.40. The molecule has 5 nitrogen and oxygen atoms in total. The Morgan fingerprint density at radius 2 is 1.96 bits per heavy atom. The van der Waals surface area contributed by atoms with Gasteiger partial charge in [0.1, 0.15) is 0 Å². The van der Waals surface area contributed by atoms with E-state index in [0.717, 1.165) is 43.1 Å². The van der Waals surface area contributed by atoms with Crippen LogP contribution in [0.15, 0.2) is 42.7 Å². The number of rotatable bonds is 5. The van der Waals surface area contributed by atoms with Gasteiger partial charge in [-0.25, -0.2) is 0 Å². The van der Waals surface area contributed by atoms with E-state index in [-0.39, 0.29) is 0 Å². The summed E-state index contributed by atoms with van der Waals surface area (Å²) in [7, 11) is 0. The van der Waals surface area contributed by atoms with Gasteiger partial charge in [-0.3, -0.25) is 19.8 Å². The van der Waals surface area contributed by atoms with Gasteiger partial charge in [0, 0.05) is 51.2 Å². The number of aliphatic hydroxyl groups is 1. The third kappa shape index (κ3) is 4.38. The minimum Gasteiger partial charge on any atom is -0.387 e. The Morgan fingerprint density at radius 1 is 1.17 bits per heavy atom. The van der Waals surface area contributed by atoms with Gasteiger partial charge >= 0.3 is 0 Å². The topological polar surface area (TPSA) is 52.5 Å². The maximum Gasteiger partial charge on any atom is 0.0917 e. The summed E-state index contributed by atoms with van der Waals surface area (Å²) in [5.41, 5.74) is 2.96. The summed E-state index contributed by atoms with van der Waals surface area (Å²) in [5.74, 6) is 0. The molecule has 0 radical (unpaired) electrons. The van der Waals surface area contributed by atoms with Gasteiger partial charge in [0.15, 0.2) is 0 Å². The molecule has 1 aromatic heterocycles. The van der Waals surface area contributed by atoms with Gasteiger partial charge in [-0.1, -0.05) is 30.3 Å². The molecule has 1 aromatic carbocycles. The molecule has 0 amide bonds. The third-order valence-electron chi connectivity index (χ3n) is 4.66. The average Bonchev–Trinajstić information content (AvgIpc) is 2.60. The fourth-order valence-corrected chi connectivity index (χ4v) is 3.22. The second kappa shape index (κ2) is 7.83. The molecule has 1 saturated heterocycles. The summed E-state index contributed by atoms with van der Waals surface area (Å²) < 4.78 is 0. The number of benzene rings is 1. The van der Waals surface area contributed by atoms with E-state index in [2.05, 4.69) is 26.7 Å². The number of piperazine rings is 1. The van der Waals surface area contributed by atoms with E-state index in [1.165, 1.54) is 0 Å². The van der Waals surface area contributed by atoms with Crippen LogP contribution >= 0.6 is 0 Å². The summed E-state index contributed by atoms with van der Waals surface area (Å²) >= 11 is 0. The summed E-state index contributed by atoms with van der Waals surface area (Å²) in [6.07, 6.45) is 3.26. The first-order valence-electron chi connectivity index (χ1n) is 8.59. The molecule has 1 fully saturated rings. The molecule has 0 spiro atoms. The van der Waals surface area contributed by atoms with Crippen LogP contribution in [0, 0.1) is 6.92 Å². The number of aryl methyl sites for hydroxylation is 1. The van der Waals surface area contributed by atoms with Crippen molar-refractivity contribution < 1.29 is 5.11 Å².